The highest BCUT2D eigenvalue weighted by molar-refractivity contribution is 7.13. The predicted octanol–water partition coefficient (Wildman–Crippen LogP) is 2.37. The maximum atomic E-state index is 5.09. The van der Waals surface area contributed by atoms with Gasteiger partial charge in [-0.25, -0.2) is 4.98 Å². The van der Waals surface area contributed by atoms with Crippen molar-refractivity contribution in [2.24, 2.45) is 0 Å². The maximum absolute atomic E-state index is 5.09. The van der Waals surface area contributed by atoms with Crippen molar-refractivity contribution < 1.29 is 4.74 Å². The fraction of sp³-hybridized carbons (Fsp3) is 0.429. The van der Waals surface area contributed by atoms with Crippen LogP contribution in [0.1, 0.15) is 12.6 Å². The monoisotopic (exact) mass is 277 g/mol. The zero-order valence-corrected chi connectivity index (χ0v) is 12.1. The van der Waals surface area contributed by atoms with E-state index in [4.69, 9.17) is 4.74 Å². The molecule has 0 aliphatic heterocycles. The number of hydrogen-bond acceptors (Lipinski definition) is 5. The fourth-order valence-corrected chi connectivity index (χ4v) is 2.66. The second-order valence-electron chi connectivity index (χ2n) is 4.44. The van der Waals surface area contributed by atoms with E-state index in [0.717, 1.165) is 35.8 Å². The molecule has 19 heavy (non-hydrogen) atoms. The molecule has 2 aromatic heterocycles. The van der Waals surface area contributed by atoms with E-state index in [2.05, 4.69) is 27.6 Å². The minimum atomic E-state index is 0.378. The minimum absolute atomic E-state index is 0.378. The van der Waals surface area contributed by atoms with Crippen molar-refractivity contribution >= 4 is 11.3 Å². The van der Waals surface area contributed by atoms with Crippen LogP contribution in [0, 0.1) is 0 Å². The molecule has 4 nitrogen and oxygen atoms in total. The number of thiazole rings is 1. The molecule has 0 aromatic carbocycles. The summed E-state index contributed by atoms with van der Waals surface area (Å²) in [6.07, 6.45) is 4.53. The summed E-state index contributed by atoms with van der Waals surface area (Å²) in [5.74, 6) is 0. The summed E-state index contributed by atoms with van der Waals surface area (Å²) in [5, 5.41) is 6.59. The standard InChI is InChI=1S/C14H19N3OS/c1-11(9-18-2)16-8-5-13-10-19-14(17-13)12-3-6-15-7-4-12/h3-4,6-7,10-11,16H,5,8-9H2,1-2H3. The van der Waals surface area contributed by atoms with Crippen LogP contribution in [0.2, 0.25) is 0 Å². The van der Waals surface area contributed by atoms with Crippen LogP contribution in [0.25, 0.3) is 10.6 Å². The summed E-state index contributed by atoms with van der Waals surface area (Å²) >= 11 is 1.68. The number of nitrogens with one attached hydrogen (secondary N) is 1. The summed E-state index contributed by atoms with van der Waals surface area (Å²) in [4.78, 5) is 8.66. The van der Waals surface area contributed by atoms with Gasteiger partial charge in [-0.1, -0.05) is 0 Å². The first-order valence-corrected chi connectivity index (χ1v) is 7.24. The first kappa shape index (κ1) is 14.1. The predicted molar refractivity (Wildman–Crippen MR) is 78.4 cm³/mol. The average Bonchev–Trinajstić information content (AvgIpc) is 2.89. The van der Waals surface area contributed by atoms with Gasteiger partial charge in [0.15, 0.2) is 0 Å². The van der Waals surface area contributed by atoms with Crippen LogP contribution in [0.5, 0.6) is 0 Å². The normalized spacial score (nSPS) is 12.5. The topological polar surface area (TPSA) is 47.0 Å². The lowest BCUT2D eigenvalue weighted by atomic mass is 10.3. The minimum Gasteiger partial charge on any atom is -0.383 e. The molecule has 1 atom stereocenters. The van der Waals surface area contributed by atoms with Crippen molar-refractivity contribution in [1.29, 1.82) is 0 Å². The van der Waals surface area contributed by atoms with E-state index in [1.807, 2.05) is 12.1 Å². The second kappa shape index (κ2) is 7.33. The molecule has 2 heterocycles. The highest BCUT2D eigenvalue weighted by atomic mass is 32.1. The zero-order chi connectivity index (χ0) is 13.5. The maximum Gasteiger partial charge on any atom is 0.123 e. The molecule has 0 fully saturated rings. The molecule has 2 aromatic rings. The first-order chi connectivity index (χ1) is 9.29. The van der Waals surface area contributed by atoms with Gasteiger partial charge in [-0.05, 0) is 19.1 Å². The van der Waals surface area contributed by atoms with Gasteiger partial charge in [0.25, 0.3) is 0 Å². The third kappa shape index (κ3) is 4.38. The summed E-state index contributed by atoms with van der Waals surface area (Å²) in [6, 6.07) is 4.35. The molecular weight excluding hydrogens is 258 g/mol. The zero-order valence-electron chi connectivity index (χ0n) is 11.3. The van der Waals surface area contributed by atoms with E-state index < -0.39 is 0 Å². The van der Waals surface area contributed by atoms with E-state index in [1.54, 1.807) is 30.8 Å². The molecule has 0 aliphatic rings. The van der Waals surface area contributed by atoms with E-state index >= 15 is 0 Å². The van der Waals surface area contributed by atoms with Crippen LogP contribution in [0.3, 0.4) is 0 Å². The van der Waals surface area contributed by atoms with Gasteiger partial charge in [0, 0.05) is 49.5 Å². The second-order valence-corrected chi connectivity index (χ2v) is 5.30. The van der Waals surface area contributed by atoms with Crippen LogP contribution < -0.4 is 5.32 Å². The van der Waals surface area contributed by atoms with E-state index in [9.17, 15) is 0 Å². The van der Waals surface area contributed by atoms with E-state index in [-0.39, 0.29) is 0 Å². The lowest BCUT2D eigenvalue weighted by molar-refractivity contribution is 0.172. The Morgan fingerprint density at radius 1 is 1.37 bits per heavy atom. The molecule has 0 aliphatic carbocycles. The first-order valence-electron chi connectivity index (χ1n) is 6.36. The number of nitrogens with zero attached hydrogens (tertiary/aromatic N) is 2. The van der Waals surface area contributed by atoms with Crippen molar-refractivity contribution in [2.75, 3.05) is 20.3 Å². The summed E-state index contributed by atoms with van der Waals surface area (Å²) in [5.41, 5.74) is 2.26. The number of hydrogen-bond donors (Lipinski definition) is 1. The molecule has 0 radical (unpaired) electrons. The van der Waals surface area contributed by atoms with Crippen molar-refractivity contribution in [3.05, 3.63) is 35.6 Å². The van der Waals surface area contributed by atoms with Crippen molar-refractivity contribution in [2.45, 2.75) is 19.4 Å². The number of pyridine rings is 1. The number of rotatable bonds is 7. The Hall–Kier alpha value is -1.30. The average molecular weight is 277 g/mol. The number of methoxy groups -OCH3 is 1. The van der Waals surface area contributed by atoms with Crippen LogP contribution in [0.15, 0.2) is 29.9 Å². The Balaban J connectivity index is 1.85. The summed E-state index contributed by atoms with van der Waals surface area (Å²) in [7, 11) is 1.72. The molecule has 5 heteroatoms. The molecule has 1 N–H and O–H groups in total. The molecule has 0 saturated carbocycles. The quantitative estimate of drug-likeness (QED) is 0.844. The largest absolute Gasteiger partial charge is 0.383 e. The van der Waals surface area contributed by atoms with Gasteiger partial charge >= 0.3 is 0 Å². The third-order valence-electron chi connectivity index (χ3n) is 2.77. The van der Waals surface area contributed by atoms with Crippen molar-refractivity contribution in [1.82, 2.24) is 15.3 Å². The molecule has 102 valence electrons. The summed E-state index contributed by atoms with van der Waals surface area (Å²) < 4.78 is 5.09. The molecule has 2 rings (SSSR count). The molecule has 0 saturated heterocycles. The Morgan fingerprint density at radius 2 is 2.16 bits per heavy atom. The SMILES string of the molecule is COCC(C)NCCc1csc(-c2ccncc2)n1. The Kier molecular flexibility index (Phi) is 5.44. The molecule has 0 amide bonds. The van der Waals surface area contributed by atoms with Gasteiger partial charge in [0.1, 0.15) is 5.01 Å². The smallest absolute Gasteiger partial charge is 0.123 e. The van der Waals surface area contributed by atoms with Crippen molar-refractivity contribution in [3.8, 4) is 10.6 Å². The Morgan fingerprint density at radius 3 is 2.89 bits per heavy atom. The van der Waals surface area contributed by atoms with Gasteiger partial charge in [-0.3, -0.25) is 4.98 Å². The van der Waals surface area contributed by atoms with Gasteiger partial charge in [0.05, 0.1) is 12.3 Å². The van der Waals surface area contributed by atoms with Gasteiger partial charge < -0.3 is 10.1 Å². The lowest BCUT2D eigenvalue weighted by Gasteiger charge is -2.11. The lowest BCUT2D eigenvalue weighted by Crippen LogP contribution is -2.31. The third-order valence-corrected chi connectivity index (χ3v) is 3.71. The van der Waals surface area contributed by atoms with E-state index in [0.29, 0.717) is 6.04 Å². The Bertz CT molecular complexity index is 486. The fourth-order valence-electron chi connectivity index (χ4n) is 1.80. The van der Waals surface area contributed by atoms with Gasteiger partial charge in [-0.2, -0.15) is 0 Å². The number of ether oxygens (including phenoxy) is 1. The number of aromatic nitrogens is 2. The molecule has 0 bridgehead atoms. The van der Waals surface area contributed by atoms with E-state index in [1.165, 1.54) is 0 Å². The molecular formula is C14H19N3OS. The van der Waals surface area contributed by atoms with Crippen LogP contribution >= 0.6 is 11.3 Å². The van der Waals surface area contributed by atoms with Crippen molar-refractivity contribution in [3.63, 3.8) is 0 Å². The molecule has 0 spiro atoms. The summed E-state index contributed by atoms with van der Waals surface area (Å²) in [6.45, 7) is 3.77. The van der Waals surface area contributed by atoms with Crippen LogP contribution in [-0.2, 0) is 11.2 Å². The molecule has 1 unspecified atom stereocenters. The highest BCUT2D eigenvalue weighted by Gasteiger charge is 2.05. The van der Waals surface area contributed by atoms with Crippen LogP contribution in [-0.4, -0.2) is 36.3 Å². The highest BCUT2D eigenvalue weighted by Crippen LogP contribution is 2.22. The van der Waals surface area contributed by atoms with Gasteiger partial charge in [0.2, 0.25) is 0 Å². The van der Waals surface area contributed by atoms with Crippen LogP contribution in [0.4, 0.5) is 0 Å². The Labute approximate surface area is 117 Å². The van der Waals surface area contributed by atoms with Gasteiger partial charge in [-0.15, -0.1) is 11.3 Å².